The van der Waals surface area contributed by atoms with Gasteiger partial charge < -0.3 is 30.9 Å². The zero-order valence-electron chi connectivity index (χ0n) is 22.0. The van der Waals surface area contributed by atoms with Crippen molar-refractivity contribution < 1.29 is 51.1 Å². The maximum Gasteiger partial charge on any atom is 0.472 e. The van der Waals surface area contributed by atoms with Gasteiger partial charge in [0.2, 0.25) is 0 Å². The van der Waals surface area contributed by atoms with E-state index < -0.39 is 77.0 Å². The smallest absolute Gasteiger partial charge is 0.387 e. The number of nitrogen functional groups attached to an aromatic ring is 2. The normalized spacial score (nSPS) is 38.3. The Morgan fingerprint density at radius 3 is 2.05 bits per heavy atom. The second-order valence-electron chi connectivity index (χ2n) is 9.90. The molecule has 6 N–H and O–H groups in total. The largest absolute Gasteiger partial charge is 0.472 e. The average molecular weight is 676 g/mol. The van der Waals surface area contributed by atoms with Crippen molar-refractivity contribution in [1.29, 1.82) is 0 Å². The van der Waals surface area contributed by atoms with E-state index >= 15 is 4.39 Å². The molecule has 10 atom stereocenters. The highest BCUT2D eigenvalue weighted by molar-refractivity contribution is 8.44. The summed E-state index contributed by atoms with van der Waals surface area (Å²) in [5, 5.41) is 11.1. The van der Waals surface area contributed by atoms with Gasteiger partial charge in [-0.05, 0) is 0 Å². The van der Waals surface area contributed by atoms with E-state index in [2.05, 4.69) is 42.2 Å². The molecule has 4 aromatic heterocycles. The van der Waals surface area contributed by atoms with Crippen LogP contribution in [0.25, 0.3) is 22.3 Å². The number of alkyl halides is 1. The summed E-state index contributed by atoms with van der Waals surface area (Å²) < 4.78 is 78.0. The van der Waals surface area contributed by atoms with Crippen molar-refractivity contribution in [2.75, 3.05) is 24.7 Å². The fourth-order valence-electron chi connectivity index (χ4n) is 5.19. The molecule has 0 amide bonds. The fraction of sp³-hybridized carbons (Fsp3) is 0.500. The van der Waals surface area contributed by atoms with Gasteiger partial charge in [-0.15, -0.1) is 0 Å². The number of aliphatic hydroxyl groups excluding tert-OH is 1. The van der Waals surface area contributed by atoms with Crippen LogP contribution < -0.4 is 11.5 Å². The number of rotatable bonds is 2. The summed E-state index contributed by atoms with van der Waals surface area (Å²) in [6.45, 7) is -5.84. The Balaban J connectivity index is 1.20. The number of phosphoric ester groups is 1. The number of aliphatic hydroxyl groups is 1. The van der Waals surface area contributed by atoms with Gasteiger partial charge in [0.25, 0.3) is 0 Å². The summed E-state index contributed by atoms with van der Waals surface area (Å²) in [6, 6.07) is 0. The Kier molecular flexibility index (Phi) is 7.37. The van der Waals surface area contributed by atoms with E-state index in [1.807, 2.05) is 0 Å². The Hall–Kier alpha value is -2.88. The number of fused-ring (bicyclic) bond motifs is 5. The number of hydrogen-bond donors (Lipinski definition) is 5. The standard InChI is InChI=1S/C20H23FN10O10P2S/c21-9-13-8(39-19(9)30-5-28-10-15(22)24-3-26-17(10)30)2-37-43(35,44)41-14-12(32)7(1-36-42(33,34)40-13)38-20(14)31-6-29-11-16(23)25-4-27-18(11)31/h3-9,12-14,19-20,32H,1-2H2,(H,33,34)(H,35,44)(H2,22,24,26)(H2,23,25,27)/t7?,8?,9?,12?,13?,14?,19?,20?,43-/m1/s1. The van der Waals surface area contributed by atoms with Gasteiger partial charge in [-0.1, -0.05) is 12.2 Å². The first-order valence-corrected chi connectivity index (χ1v) is 16.9. The van der Waals surface area contributed by atoms with Crippen LogP contribution in [0.3, 0.4) is 0 Å². The van der Waals surface area contributed by atoms with Gasteiger partial charge in [0.15, 0.2) is 41.6 Å². The van der Waals surface area contributed by atoms with E-state index in [9.17, 15) is 19.1 Å². The second-order valence-corrected chi connectivity index (χ2v) is 14.2. The maximum atomic E-state index is 15.9. The second kappa shape index (κ2) is 10.9. The zero-order valence-corrected chi connectivity index (χ0v) is 24.6. The number of phosphoric acid groups is 1. The number of aromatic nitrogens is 8. The number of anilines is 2. The molecule has 0 radical (unpaired) electrons. The van der Waals surface area contributed by atoms with Crippen molar-refractivity contribution in [1.82, 2.24) is 39.0 Å². The SMILES string of the molecule is Nc1ncnc2c1ncn2C1OC2CO[P@@](=O)(S)OC3C(O)C(COP(=O)(O)OC2C1F)OC3n1cnc2c(N)ncnc21. The number of nitrogens with zero attached hydrogens (tertiary/aromatic N) is 8. The number of nitrogens with two attached hydrogens (primary N) is 2. The Bertz CT molecular complexity index is 1830. The van der Waals surface area contributed by atoms with Gasteiger partial charge in [0, 0.05) is 0 Å². The highest BCUT2D eigenvalue weighted by Crippen LogP contribution is 2.58. The molecule has 3 saturated heterocycles. The molecule has 4 aromatic rings. The first kappa shape index (κ1) is 29.8. The van der Waals surface area contributed by atoms with Crippen LogP contribution in [-0.4, -0.2) is 98.9 Å². The monoisotopic (exact) mass is 676 g/mol. The van der Waals surface area contributed by atoms with Crippen molar-refractivity contribution in [3.05, 3.63) is 25.3 Å². The predicted octanol–water partition coefficient (Wildman–Crippen LogP) is 0.280. The molecule has 236 valence electrons. The molecule has 24 heteroatoms. The quantitative estimate of drug-likeness (QED) is 0.141. The molecule has 3 fully saturated rings. The van der Waals surface area contributed by atoms with Crippen molar-refractivity contribution in [2.45, 2.75) is 49.1 Å². The van der Waals surface area contributed by atoms with E-state index in [0.29, 0.717) is 0 Å². The number of imidazole rings is 2. The number of thiol groups is 1. The molecule has 0 spiro atoms. The molecular weight excluding hydrogens is 653 g/mol. The van der Waals surface area contributed by atoms with Crippen LogP contribution in [0.2, 0.25) is 0 Å². The van der Waals surface area contributed by atoms with Crippen molar-refractivity contribution >= 4 is 60.8 Å². The van der Waals surface area contributed by atoms with E-state index in [0.717, 1.165) is 6.33 Å². The third-order valence-electron chi connectivity index (χ3n) is 7.22. The predicted molar refractivity (Wildman–Crippen MR) is 146 cm³/mol. The van der Waals surface area contributed by atoms with Crippen molar-refractivity contribution in [2.24, 2.45) is 0 Å². The summed E-state index contributed by atoms with van der Waals surface area (Å²) >= 11 is 4.04. The number of ether oxygens (including phenoxy) is 2. The van der Waals surface area contributed by atoms with E-state index in [1.54, 1.807) is 0 Å². The maximum absolute atomic E-state index is 15.9. The Morgan fingerprint density at radius 1 is 0.841 bits per heavy atom. The minimum absolute atomic E-state index is 0.0302. The van der Waals surface area contributed by atoms with Crippen LogP contribution in [0.5, 0.6) is 0 Å². The van der Waals surface area contributed by atoms with E-state index in [4.69, 9.17) is 39.0 Å². The summed E-state index contributed by atoms with van der Waals surface area (Å²) in [6.07, 6.45) is -7.80. The molecule has 20 nitrogen and oxygen atoms in total. The van der Waals surface area contributed by atoms with Crippen LogP contribution in [0.1, 0.15) is 12.5 Å². The Morgan fingerprint density at radius 2 is 1.41 bits per heavy atom. The minimum Gasteiger partial charge on any atom is -0.387 e. The molecule has 3 aliphatic rings. The van der Waals surface area contributed by atoms with E-state index in [-0.39, 0.29) is 34.0 Å². The van der Waals surface area contributed by atoms with Crippen LogP contribution in [0.15, 0.2) is 25.3 Å². The molecule has 44 heavy (non-hydrogen) atoms. The number of halogens is 1. The fourth-order valence-corrected chi connectivity index (χ4v) is 7.60. The van der Waals surface area contributed by atoms with Gasteiger partial charge >= 0.3 is 14.6 Å². The zero-order chi connectivity index (χ0) is 31.0. The van der Waals surface area contributed by atoms with Crippen LogP contribution in [-0.2, 0) is 36.7 Å². The molecule has 0 aromatic carbocycles. The van der Waals surface area contributed by atoms with Crippen molar-refractivity contribution in [3.63, 3.8) is 0 Å². The molecule has 7 rings (SSSR count). The molecule has 3 aliphatic heterocycles. The average Bonchev–Trinajstić information content (AvgIpc) is 3.73. The third-order valence-corrected chi connectivity index (χ3v) is 9.82. The highest BCUT2D eigenvalue weighted by Gasteiger charge is 2.54. The lowest BCUT2D eigenvalue weighted by atomic mass is 10.1. The van der Waals surface area contributed by atoms with Crippen LogP contribution in [0, 0.1) is 0 Å². The molecule has 0 aliphatic carbocycles. The summed E-state index contributed by atoms with van der Waals surface area (Å²) in [7, 11) is -5.06. The lowest BCUT2D eigenvalue weighted by Gasteiger charge is -2.26. The van der Waals surface area contributed by atoms with Gasteiger partial charge in [0.1, 0.15) is 54.2 Å². The lowest BCUT2D eigenvalue weighted by Crippen LogP contribution is -2.35. The van der Waals surface area contributed by atoms with Crippen LogP contribution in [0.4, 0.5) is 16.0 Å². The van der Waals surface area contributed by atoms with Gasteiger partial charge in [0.05, 0.1) is 25.9 Å². The minimum atomic E-state index is -5.06. The van der Waals surface area contributed by atoms with Crippen LogP contribution >= 0.6 is 26.9 Å². The van der Waals surface area contributed by atoms with Gasteiger partial charge in [-0.2, -0.15) is 0 Å². The molecular formula is C20H23FN10O10P2S. The summed E-state index contributed by atoms with van der Waals surface area (Å²) in [5.74, 6) is 0.0891. The summed E-state index contributed by atoms with van der Waals surface area (Å²) in [5.41, 5.74) is 12.4. The summed E-state index contributed by atoms with van der Waals surface area (Å²) in [4.78, 5) is 34.7. The lowest BCUT2D eigenvalue weighted by molar-refractivity contribution is -0.0619. The first-order valence-electron chi connectivity index (χ1n) is 12.7. The first-order chi connectivity index (χ1) is 20.9. The number of hydrogen-bond acceptors (Lipinski definition) is 17. The molecule has 9 unspecified atom stereocenters. The van der Waals surface area contributed by atoms with Gasteiger partial charge in [-0.3, -0.25) is 27.2 Å². The Labute approximate surface area is 250 Å². The molecule has 7 heterocycles. The molecule has 0 saturated carbocycles. The van der Waals surface area contributed by atoms with Crippen molar-refractivity contribution in [3.8, 4) is 0 Å². The highest BCUT2D eigenvalue weighted by atomic mass is 32.7. The third kappa shape index (κ3) is 5.14. The topological polar surface area (TPSA) is 269 Å². The van der Waals surface area contributed by atoms with Gasteiger partial charge in [-0.25, -0.2) is 43.4 Å². The van der Waals surface area contributed by atoms with E-state index in [1.165, 1.54) is 28.1 Å². The molecule has 2 bridgehead atoms.